The zero-order valence-electron chi connectivity index (χ0n) is 8.27. The van der Waals surface area contributed by atoms with E-state index >= 15 is 0 Å². The van der Waals surface area contributed by atoms with Crippen LogP contribution < -0.4 is 0 Å². The van der Waals surface area contributed by atoms with Crippen molar-refractivity contribution in [1.29, 1.82) is 5.26 Å². The number of nitriles is 1. The summed E-state index contributed by atoms with van der Waals surface area (Å²) in [6, 6.07) is 2.11. The maximum absolute atomic E-state index is 8.56. The first-order valence-electron chi connectivity index (χ1n) is 4.82. The minimum Gasteiger partial charge on any atom is -0.193 e. The number of allylic oxidation sites excluding steroid dienone is 1. The summed E-state index contributed by atoms with van der Waals surface area (Å²) >= 11 is 0. The molecule has 0 rings (SSSR count). The van der Waals surface area contributed by atoms with E-state index in [4.69, 9.17) is 5.26 Å². The van der Waals surface area contributed by atoms with Gasteiger partial charge in [-0.05, 0) is 12.3 Å². The summed E-state index contributed by atoms with van der Waals surface area (Å²) in [5, 5.41) is 8.56. The van der Waals surface area contributed by atoms with Crippen LogP contribution in [0.15, 0.2) is 12.2 Å². The zero-order valence-corrected chi connectivity index (χ0v) is 8.27. The molecule has 0 saturated heterocycles. The predicted octanol–water partition coefficient (Wildman–Crippen LogP) is 3.67. The average molecular weight is 165 g/mol. The Bertz CT molecular complexity index is 164. The van der Waals surface area contributed by atoms with Crippen molar-refractivity contribution < 1.29 is 0 Å². The van der Waals surface area contributed by atoms with Gasteiger partial charge in [0.25, 0.3) is 0 Å². The first-order chi connectivity index (χ1) is 5.74. The van der Waals surface area contributed by atoms with Crippen molar-refractivity contribution in [2.75, 3.05) is 0 Å². The average Bonchev–Trinajstić information content (AvgIpc) is 2.11. The summed E-state index contributed by atoms with van der Waals surface area (Å²) in [5.41, 5.74) is 0.734. The summed E-state index contributed by atoms with van der Waals surface area (Å²) < 4.78 is 0. The van der Waals surface area contributed by atoms with E-state index in [9.17, 15) is 0 Å². The van der Waals surface area contributed by atoms with Crippen molar-refractivity contribution in [3.63, 3.8) is 0 Å². The van der Waals surface area contributed by atoms with Crippen LogP contribution in [-0.4, -0.2) is 0 Å². The molecule has 0 fully saturated rings. The Hall–Kier alpha value is -0.770. The van der Waals surface area contributed by atoms with Crippen molar-refractivity contribution in [2.24, 2.45) is 5.92 Å². The normalized spacial score (nSPS) is 12.1. The number of unbranched alkanes of at least 4 members (excludes halogenated alkanes) is 1. The van der Waals surface area contributed by atoms with Gasteiger partial charge in [-0.3, -0.25) is 0 Å². The Balaban J connectivity index is 3.68. The van der Waals surface area contributed by atoms with E-state index in [2.05, 4.69) is 26.5 Å². The van der Waals surface area contributed by atoms with Gasteiger partial charge in [0.2, 0.25) is 0 Å². The molecule has 0 radical (unpaired) electrons. The fraction of sp³-hybridized carbons (Fsp3) is 0.727. The molecule has 0 aliphatic rings. The van der Waals surface area contributed by atoms with Gasteiger partial charge in [-0.15, -0.1) is 0 Å². The molecule has 68 valence electrons. The molecule has 1 heteroatoms. The lowest BCUT2D eigenvalue weighted by Gasteiger charge is -2.12. The van der Waals surface area contributed by atoms with E-state index in [0.29, 0.717) is 5.92 Å². The fourth-order valence-corrected chi connectivity index (χ4v) is 1.34. The topological polar surface area (TPSA) is 23.8 Å². The highest BCUT2D eigenvalue weighted by Gasteiger charge is 2.06. The largest absolute Gasteiger partial charge is 0.193 e. The Kier molecular flexibility index (Phi) is 6.47. The monoisotopic (exact) mass is 165 g/mol. The van der Waals surface area contributed by atoms with E-state index in [-0.39, 0.29) is 0 Å². The van der Waals surface area contributed by atoms with Crippen LogP contribution in [-0.2, 0) is 0 Å². The molecule has 0 aromatic heterocycles. The first-order valence-corrected chi connectivity index (χ1v) is 4.82. The van der Waals surface area contributed by atoms with Crippen LogP contribution in [0.3, 0.4) is 0 Å². The van der Waals surface area contributed by atoms with Crippen molar-refractivity contribution >= 4 is 0 Å². The highest BCUT2D eigenvalue weighted by Crippen LogP contribution is 2.19. The van der Waals surface area contributed by atoms with E-state index in [1.54, 1.807) is 0 Å². The van der Waals surface area contributed by atoms with Crippen LogP contribution in [0.1, 0.15) is 46.0 Å². The molecule has 0 aromatic carbocycles. The van der Waals surface area contributed by atoms with Crippen LogP contribution in [0, 0.1) is 17.2 Å². The van der Waals surface area contributed by atoms with Gasteiger partial charge in [0.05, 0.1) is 6.07 Å². The third kappa shape index (κ3) is 4.96. The molecule has 12 heavy (non-hydrogen) atoms. The van der Waals surface area contributed by atoms with E-state index in [1.807, 2.05) is 0 Å². The molecule has 0 amide bonds. The van der Waals surface area contributed by atoms with Crippen LogP contribution in [0.25, 0.3) is 0 Å². The second-order valence-corrected chi connectivity index (χ2v) is 3.34. The minimum atomic E-state index is 0.678. The zero-order chi connectivity index (χ0) is 9.40. The highest BCUT2D eigenvalue weighted by molar-refractivity contribution is 5.15. The standard InChI is InChI=1S/C11H19N/c1-4-6-7-11(5-2)8-10(3)9-12/h11H,3-8H2,1-2H3. The molecule has 0 aliphatic carbocycles. The molecule has 1 nitrogen and oxygen atoms in total. The Morgan fingerprint density at radius 3 is 2.58 bits per heavy atom. The Labute approximate surface area is 76.1 Å². The lowest BCUT2D eigenvalue weighted by atomic mass is 9.93. The van der Waals surface area contributed by atoms with Crippen LogP contribution >= 0.6 is 0 Å². The Morgan fingerprint density at radius 1 is 1.50 bits per heavy atom. The maximum Gasteiger partial charge on any atom is 0.0940 e. The van der Waals surface area contributed by atoms with Crippen molar-refractivity contribution in [3.8, 4) is 6.07 Å². The molecule has 1 unspecified atom stereocenters. The first kappa shape index (κ1) is 11.2. The number of rotatable bonds is 6. The third-order valence-corrected chi connectivity index (χ3v) is 2.24. The molecule has 0 heterocycles. The van der Waals surface area contributed by atoms with Gasteiger partial charge in [-0.2, -0.15) is 5.26 Å². The molecule has 0 aromatic rings. The molecule has 0 aliphatic heterocycles. The second kappa shape index (κ2) is 6.91. The van der Waals surface area contributed by atoms with Gasteiger partial charge in [0.1, 0.15) is 0 Å². The molecule has 0 saturated carbocycles. The molecule has 0 N–H and O–H groups in total. The van der Waals surface area contributed by atoms with Crippen molar-refractivity contribution in [3.05, 3.63) is 12.2 Å². The lowest BCUT2D eigenvalue weighted by Crippen LogP contribution is -1.99. The van der Waals surface area contributed by atoms with Crippen LogP contribution in [0.4, 0.5) is 0 Å². The summed E-state index contributed by atoms with van der Waals surface area (Å²) in [4.78, 5) is 0. The number of hydrogen-bond donors (Lipinski definition) is 0. The summed E-state index contributed by atoms with van der Waals surface area (Å²) in [6.07, 6.45) is 5.83. The quantitative estimate of drug-likeness (QED) is 0.551. The number of nitrogens with zero attached hydrogens (tertiary/aromatic N) is 1. The summed E-state index contributed by atoms with van der Waals surface area (Å²) in [5.74, 6) is 0.678. The van der Waals surface area contributed by atoms with E-state index in [0.717, 1.165) is 12.0 Å². The summed E-state index contributed by atoms with van der Waals surface area (Å²) in [6.45, 7) is 8.09. The third-order valence-electron chi connectivity index (χ3n) is 2.24. The minimum absolute atomic E-state index is 0.678. The van der Waals surface area contributed by atoms with Gasteiger partial charge >= 0.3 is 0 Å². The fourth-order valence-electron chi connectivity index (χ4n) is 1.34. The molecular weight excluding hydrogens is 146 g/mol. The SMILES string of the molecule is C=C(C#N)CC(CC)CCCC. The van der Waals surface area contributed by atoms with Crippen LogP contribution in [0.2, 0.25) is 0 Å². The smallest absolute Gasteiger partial charge is 0.0940 e. The van der Waals surface area contributed by atoms with Crippen LogP contribution in [0.5, 0.6) is 0 Å². The number of hydrogen-bond acceptors (Lipinski definition) is 1. The van der Waals surface area contributed by atoms with Gasteiger partial charge in [-0.1, -0.05) is 46.1 Å². The second-order valence-electron chi connectivity index (χ2n) is 3.34. The molecule has 0 bridgehead atoms. The van der Waals surface area contributed by atoms with Gasteiger partial charge in [-0.25, -0.2) is 0 Å². The molecule has 1 atom stereocenters. The lowest BCUT2D eigenvalue weighted by molar-refractivity contribution is 0.451. The summed E-state index contributed by atoms with van der Waals surface area (Å²) in [7, 11) is 0. The Morgan fingerprint density at radius 2 is 2.17 bits per heavy atom. The molecular formula is C11H19N. The van der Waals surface area contributed by atoms with Crippen molar-refractivity contribution in [2.45, 2.75) is 46.0 Å². The van der Waals surface area contributed by atoms with E-state index in [1.165, 1.54) is 25.7 Å². The highest BCUT2D eigenvalue weighted by atomic mass is 14.2. The predicted molar refractivity (Wildman–Crippen MR) is 52.7 cm³/mol. The molecule has 0 spiro atoms. The van der Waals surface area contributed by atoms with E-state index < -0.39 is 0 Å². The van der Waals surface area contributed by atoms with Gasteiger partial charge in [0, 0.05) is 5.57 Å². The van der Waals surface area contributed by atoms with Crippen molar-refractivity contribution in [1.82, 2.24) is 0 Å². The van der Waals surface area contributed by atoms with Gasteiger partial charge < -0.3 is 0 Å². The maximum atomic E-state index is 8.56. The van der Waals surface area contributed by atoms with Gasteiger partial charge in [0.15, 0.2) is 0 Å².